The van der Waals surface area contributed by atoms with E-state index >= 15 is 0 Å². The average molecular weight is 758 g/mol. The normalized spacial score (nSPS) is 11.9. The number of benzene rings is 8. The lowest BCUT2D eigenvalue weighted by molar-refractivity contribution is 0.677. The van der Waals surface area contributed by atoms with Crippen molar-refractivity contribution in [2.45, 2.75) is 13.8 Å². The molecule has 4 aromatic heterocycles. The van der Waals surface area contributed by atoms with Gasteiger partial charge in [-0.05, 0) is 85.6 Å². The zero-order valence-electron chi connectivity index (χ0n) is 32.4. The first-order chi connectivity index (χ1) is 29.1. The molecule has 6 nitrogen and oxygen atoms in total. The molecule has 4 heterocycles. The fraction of sp³-hybridized carbons (Fsp3) is 0.0377. The molecule has 0 fully saturated rings. The SMILES string of the molecule is Cc1cc(-n2c3ccccc3c3c4oc5c(ccc6c5c5ccccc5n6-c5ccccc5)c4ccc32)cc(C)c1-c1nc(-c2ccccc2)nc(-c2ccccc2)n1. The fourth-order valence-electron chi connectivity index (χ4n) is 9.27. The molecular weight excluding hydrogens is 723 g/mol. The molecule has 12 rings (SSSR count). The number of furan rings is 1. The van der Waals surface area contributed by atoms with E-state index in [1.807, 2.05) is 60.7 Å². The van der Waals surface area contributed by atoms with Crippen molar-refractivity contribution < 1.29 is 4.42 Å². The van der Waals surface area contributed by atoms with E-state index in [1.165, 1.54) is 5.39 Å². The van der Waals surface area contributed by atoms with Gasteiger partial charge in [0.15, 0.2) is 17.5 Å². The number of hydrogen-bond acceptors (Lipinski definition) is 4. The summed E-state index contributed by atoms with van der Waals surface area (Å²) in [6.07, 6.45) is 0. The highest BCUT2D eigenvalue weighted by Gasteiger charge is 2.23. The van der Waals surface area contributed by atoms with Gasteiger partial charge in [0.2, 0.25) is 0 Å². The molecule has 12 aromatic rings. The topological polar surface area (TPSA) is 61.7 Å². The number of aryl methyl sites for hydroxylation is 2. The predicted octanol–water partition coefficient (Wildman–Crippen LogP) is 13.6. The molecule has 0 bridgehead atoms. The van der Waals surface area contributed by atoms with Crippen LogP contribution in [0.15, 0.2) is 180 Å². The molecule has 0 aliphatic heterocycles. The third-order valence-corrected chi connectivity index (χ3v) is 11.8. The lowest BCUT2D eigenvalue weighted by Crippen LogP contribution is -2.03. The van der Waals surface area contributed by atoms with Crippen molar-refractivity contribution >= 4 is 65.6 Å². The largest absolute Gasteiger partial charge is 0.455 e. The number of aromatic nitrogens is 5. The van der Waals surface area contributed by atoms with E-state index < -0.39 is 0 Å². The van der Waals surface area contributed by atoms with Crippen LogP contribution in [0, 0.1) is 13.8 Å². The Bertz CT molecular complexity index is 3540. The maximum absolute atomic E-state index is 7.16. The van der Waals surface area contributed by atoms with Gasteiger partial charge < -0.3 is 13.6 Å². The zero-order valence-corrected chi connectivity index (χ0v) is 32.4. The molecule has 0 aliphatic carbocycles. The minimum absolute atomic E-state index is 0.650. The van der Waals surface area contributed by atoms with Gasteiger partial charge in [0.25, 0.3) is 0 Å². The molecule has 0 amide bonds. The Morgan fingerprint density at radius 2 is 0.797 bits per heavy atom. The molecule has 0 saturated carbocycles. The van der Waals surface area contributed by atoms with Crippen LogP contribution in [-0.2, 0) is 0 Å². The van der Waals surface area contributed by atoms with Crippen molar-refractivity contribution in [1.29, 1.82) is 0 Å². The summed E-state index contributed by atoms with van der Waals surface area (Å²) in [4.78, 5) is 15.1. The van der Waals surface area contributed by atoms with E-state index in [4.69, 9.17) is 19.4 Å². The number of rotatable bonds is 5. The summed E-state index contributed by atoms with van der Waals surface area (Å²) < 4.78 is 11.9. The first-order valence-corrected chi connectivity index (χ1v) is 20.0. The van der Waals surface area contributed by atoms with Crippen LogP contribution in [0.5, 0.6) is 0 Å². The highest BCUT2D eigenvalue weighted by Crippen LogP contribution is 2.45. The first-order valence-electron chi connectivity index (χ1n) is 20.0. The minimum atomic E-state index is 0.650. The van der Waals surface area contributed by atoms with Gasteiger partial charge in [-0.25, -0.2) is 15.0 Å². The van der Waals surface area contributed by atoms with Crippen LogP contribution in [0.2, 0.25) is 0 Å². The second-order valence-corrected chi connectivity index (χ2v) is 15.3. The van der Waals surface area contributed by atoms with Crippen molar-refractivity contribution in [3.05, 3.63) is 187 Å². The van der Waals surface area contributed by atoms with Crippen LogP contribution in [0.3, 0.4) is 0 Å². The lowest BCUT2D eigenvalue weighted by Gasteiger charge is -2.16. The number of para-hydroxylation sites is 3. The maximum Gasteiger partial charge on any atom is 0.164 e. The van der Waals surface area contributed by atoms with Crippen molar-refractivity contribution in [3.8, 4) is 45.5 Å². The molecule has 8 aromatic carbocycles. The smallest absolute Gasteiger partial charge is 0.164 e. The molecule has 6 heteroatoms. The van der Waals surface area contributed by atoms with Gasteiger partial charge in [-0.2, -0.15) is 0 Å². The van der Waals surface area contributed by atoms with Gasteiger partial charge in [-0.3, -0.25) is 0 Å². The Kier molecular flexibility index (Phi) is 7.26. The molecule has 59 heavy (non-hydrogen) atoms. The maximum atomic E-state index is 7.16. The van der Waals surface area contributed by atoms with E-state index in [1.54, 1.807) is 0 Å². The van der Waals surface area contributed by atoms with Crippen LogP contribution < -0.4 is 0 Å². The molecule has 0 atom stereocenters. The van der Waals surface area contributed by atoms with Gasteiger partial charge in [0.05, 0.1) is 32.8 Å². The summed E-state index contributed by atoms with van der Waals surface area (Å²) in [5.41, 5.74) is 13.5. The van der Waals surface area contributed by atoms with Crippen LogP contribution in [0.1, 0.15) is 11.1 Å². The van der Waals surface area contributed by atoms with Crippen molar-refractivity contribution in [2.75, 3.05) is 0 Å². The summed E-state index contributed by atoms with van der Waals surface area (Å²) >= 11 is 0. The van der Waals surface area contributed by atoms with Gasteiger partial charge in [0, 0.05) is 49.6 Å². The second kappa shape index (κ2) is 12.8. The standard InChI is InChI=1S/C53H35N5O/c1-32-30-37(31-33(2)46(32)53-55-51(34-16-6-3-7-17-34)54-52(56-53)35-18-8-4-9-19-35)58-43-25-15-13-23-41(43)48-45(58)29-27-39-38-26-28-44-47(49(38)59-50(39)48)40-22-12-14-24-42(40)57(44)36-20-10-5-11-21-36/h3-31H,1-2H3. The second-order valence-electron chi connectivity index (χ2n) is 15.3. The Morgan fingerprint density at radius 1 is 0.373 bits per heavy atom. The quantitative estimate of drug-likeness (QED) is 0.175. The summed E-state index contributed by atoms with van der Waals surface area (Å²) in [6.45, 7) is 4.31. The van der Waals surface area contributed by atoms with E-state index in [9.17, 15) is 0 Å². The molecular formula is C53H35N5O. The monoisotopic (exact) mass is 757 g/mol. The van der Waals surface area contributed by atoms with E-state index in [0.29, 0.717) is 17.5 Å². The Hall–Kier alpha value is -7.83. The van der Waals surface area contributed by atoms with Crippen LogP contribution in [0.4, 0.5) is 0 Å². The number of fused-ring (bicyclic) bond motifs is 11. The van der Waals surface area contributed by atoms with Gasteiger partial charge in [0.1, 0.15) is 11.2 Å². The number of nitrogens with zero attached hydrogens (tertiary/aromatic N) is 5. The van der Waals surface area contributed by atoms with Crippen LogP contribution >= 0.6 is 0 Å². The van der Waals surface area contributed by atoms with Crippen molar-refractivity contribution in [2.24, 2.45) is 0 Å². The zero-order chi connectivity index (χ0) is 39.2. The van der Waals surface area contributed by atoms with Crippen LogP contribution in [-0.4, -0.2) is 24.1 Å². The van der Waals surface area contributed by atoms with E-state index in [2.05, 4.69) is 138 Å². The summed E-state index contributed by atoms with van der Waals surface area (Å²) in [5, 5.41) is 6.76. The van der Waals surface area contributed by atoms with Gasteiger partial charge in [-0.15, -0.1) is 0 Å². The van der Waals surface area contributed by atoms with Crippen molar-refractivity contribution in [3.63, 3.8) is 0 Å². The molecule has 0 spiro atoms. The molecule has 0 unspecified atom stereocenters. The minimum Gasteiger partial charge on any atom is -0.455 e. The Morgan fingerprint density at radius 3 is 1.31 bits per heavy atom. The summed E-state index contributed by atoms with van der Waals surface area (Å²) in [5.74, 6) is 1.96. The Balaban J connectivity index is 1.07. The summed E-state index contributed by atoms with van der Waals surface area (Å²) in [7, 11) is 0. The third kappa shape index (κ3) is 5.03. The molecule has 278 valence electrons. The van der Waals surface area contributed by atoms with E-state index in [-0.39, 0.29) is 0 Å². The summed E-state index contributed by atoms with van der Waals surface area (Å²) in [6, 6.07) is 61.6. The Labute approximate surface area is 339 Å². The average Bonchev–Trinajstić information content (AvgIpc) is 3.95. The van der Waals surface area contributed by atoms with Gasteiger partial charge >= 0.3 is 0 Å². The predicted molar refractivity (Wildman–Crippen MR) is 242 cm³/mol. The molecule has 0 aliphatic rings. The number of hydrogen-bond donors (Lipinski definition) is 0. The molecule has 0 N–H and O–H groups in total. The van der Waals surface area contributed by atoms with Gasteiger partial charge in [-0.1, -0.05) is 115 Å². The van der Waals surface area contributed by atoms with Crippen molar-refractivity contribution in [1.82, 2.24) is 24.1 Å². The van der Waals surface area contributed by atoms with Crippen LogP contribution in [0.25, 0.3) is 111 Å². The third-order valence-electron chi connectivity index (χ3n) is 11.8. The lowest BCUT2D eigenvalue weighted by atomic mass is 10.0. The van der Waals surface area contributed by atoms with E-state index in [0.717, 1.165) is 99.4 Å². The molecule has 0 saturated heterocycles. The molecule has 0 radical (unpaired) electrons. The highest BCUT2D eigenvalue weighted by molar-refractivity contribution is 6.29. The fourth-order valence-corrected chi connectivity index (χ4v) is 9.27. The highest BCUT2D eigenvalue weighted by atomic mass is 16.3. The first kappa shape index (κ1) is 33.3.